The summed E-state index contributed by atoms with van der Waals surface area (Å²) in [4.78, 5) is 27.8. The topological polar surface area (TPSA) is 46.6 Å². The molecule has 0 spiro atoms. The Morgan fingerprint density at radius 2 is 1.34 bits per heavy atom. The highest BCUT2D eigenvalue weighted by Crippen LogP contribution is 2.65. The molecule has 6 atom stereocenters. The lowest BCUT2D eigenvalue weighted by Crippen LogP contribution is -2.40. The third-order valence-electron chi connectivity index (χ3n) is 7.19. The Labute approximate surface area is 170 Å². The molecular formula is C25H23NO3. The number of rotatable bonds is 3. The van der Waals surface area contributed by atoms with Crippen LogP contribution in [0.3, 0.4) is 0 Å². The molecule has 0 unspecified atom stereocenters. The molecule has 146 valence electrons. The van der Waals surface area contributed by atoms with Gasteiger partial charge in [0.15, 0.2) is 0 Å². The van der Waals surface area contributed by atoms with E-state index in [1.165, 1.54) is 11.3 Å². The minimum atomic E-state index is -0.160. The molecule has 4 nitrogen and oxygen atoms in total. The van der Waals surface area contributed by atoms with Crippen LogP contribution in [0.1, 0.15) is 17.5 Å². The zero-order valence-corrected chi connectivity index (χ0v) is 16.5. The van der Waals surface area contributed by atoms with E-state index in [0.717, 1.165) is 16.9 Å². The van der Waals surface area contributed by atoms with Crippen molar-refractivity contribution in [2.24, 2.45) is 35.5 Å². The monoisotopic (exact) mass is 385 g/mol. The summed E-state index contributed by atoms with van der Waals surface area (Å²) in [7, 11) is 0. The van der Waals surface area contributed by atoms with Gasteiger partial charge in [0.1, 0.15) is 11.5 Å². The number of aryl methyl sites for hydroxylation is 2. The standard InChI is InChI=1S/C25H23NO3/c1-13-9-14(2)11-17(10-13)29-16-5-3-15(4-6-16)26-24(27)22-18-7-8-19(21-12-20(18)21)23(22)25(26)28/h3-11,18-23H,12H2,1-2H3/t18-,19+,20-,21-,22+,23-/m1/s1. The number of carbonyl (C=O) groups excluding carboxylic acids is 2. The zero-order valence-electron chi connectivity index (χ0n) is 16.5. The highest BCUT2D eigenvalue weighted by atomic mass is 16.5. The predicted octanol–water partition coefficient (Wildman–Crippen LogP) is 4.65. The van der Waals surface area contributed by atoms with Gasteiger partial charge in [-0.3, -0.25) is 14.5 Å². The lowest BCUT2D eigenvalue weighted by molar-refractivity contribution is -0.124. The molecule has 2 saturated carbocycles. The summed E-state index contributed by atoms with van der Waals surface area (Å²) in [6.45, 7) is 4.08. The van der Waals surface area contributed by atoms with Crippen LogP contribution in [-0.4, -0.2) is 11.8 Å². The van der Waals surface area contributed by atoms with Crippen LogP contribution in [0.4, 0.5) is 5.69 Å². The molecule has 3 fully saturated rings. The average Bonchev–Trinajstić information content (AvgIpc) is 3.46. The maximum absolute atomic E-state index is 13.2. The quantitative estimate of drug-likeness (QED) is 0.571. The van der Waals surface area contributed by atoms with Gasteiger partial charge in [-0.2, -0.15) is 0 Å². The Kier molecular flexibility index (Phi) is 3.41. The van der Waals surface area contributed by atoms with Gasteiger partial charge in [-0.25, -0.2) is 0 Å². The van der Waals surface area contributed by atoms with Crippen LogP contribution in [0.25, 0.3) is 0 Å². The number of anilines is 1. The number of allylic oxidation sites excluding steroid dienone is 2. The number of hydrogen-bond acceptors (Lipinski definition) is 3. The second-order valence-electron chi connectivity index (χ2n) is 9.09. The fraction of sp³-hybridized carbons (Fsp3) is 0.360. The fourth-order valence-electron chi connectivity index (χ4n) is 6.00. The van der Waals surface area contributed by atoms with Crippen molar-refractivity contribution in [1.82, 2.24) is 0 Å². The number of ether oxygens (including phenoxy) is 1. The van der Waals surface area contributed by atoms with E-state index in [1.54, 1.807) is 0 Å². The number of carbonyl (C=O) groups is 2. The van der Waals surface area contributed by atoms with Gasteiger partial charge in [0.05, 0.1) is 17.5 Å². The summed E-state index contributed by atoms with van der Waals surface area (Å²) >= 11 is 0. The molecule has 1 aliphatic heterocycles. The SMILES string of the molecule is Cc1cc(C)cc(Oc2ccc(N3C(=O)[C@@H]4[C@H]5C=C[C@H]([C@H]6C[C@H]56)[C@@H]4C3=O)cc2)c1. The number of nitrogens with zero attached hydrogens (tertiary/aromatic N) is 1. The largest absolute Gasteiger partial charge is 0.457 e. The number of benzene rings is 2. The fourth-order valence-corrected chi connectivity index (χ4v) is 6.00. The van der Waals surface area contributed by atoms with Gasteiger partial charge >= 0.3 is 0 Å². The maximum Gasteiger partial charge on any atom is 0.238 e. The third kappa shape index (κ3) is 2.44. The van der Waals surface area contributed by atoms with E-state index in [9.17, 15) is 9.59 Å². The summed E-state index contributed by atoms with van der Waals surface area (Å²) in [6.07, 6.45) is 5.59. The lowest BCUT2D eigenvalue weighted by Gasteiger charge is -2.37. The third-order valence-corrected chi connectivity index (χ3v) is 7.19. The molecule has 5 aliphatic rings. The van der Waals surface area contributed by atoms with E-state index in [0.29, 0.717) is 23.3 Å². The molecule has 2 amide bonds. The minimum Gasteiger partial charge on any atom is -0.457 e. The molecule has 7 rings (SSSR count). The van der Waals surface area contributed by atoms with Gasteiger partial charge in [0.25, 0.3) is 0 Å². The summed E-state index contributed by atoms with van der Waals surface area (Å²) in [5, 5.41) is 0. The van der Waals surface area contributed by atoms with E-state index in [4.69, 9.17) is 4.74 Å². The second kappa shape index (κ2) is 5.82. The number of imide groups is 1. The summed E-state index contributed by atoms with van der Waals surface area (Å²) in [5.74, 6) is 2.87. The molecule has 1 heterocycles. The molecule has 1 saturated heterocycles. The molecule has 2 aromatic rings. The highest BCUT2D eigenvalue weighted by molar-refractivity contribution is 6.22. The van der Waals surface area contributed by atoms with Gasteiger partial charge in [-0.15, -0.1) is 0 Å². The van der Waals surface area contributed by atoms with Crippen LogP contribution in [0, 0.1) is 49.4 Å². The molecule has 2 bridgehead atoms. The zero-order chi connectivity index (χ0) is 19.9. The van der Waals surface area contributed by atoms with Crippen LogP contribution < -0.4 is 9.64 Å². The Bertz CT molecular complexity index is 1010. The van der Waals surface area contributed by atoms with Crippen molar-refractivity contribution < 1.29 is 14.3 Å². The van der Waals surface area contributed by atoms with Crippen molar-refractivity contribution >= 4 is 17.5 Å². The first kappa shape index (κ1) is 17.0. The summed E-state index contributed by atoms with van der Waals surface area (Å²) < 4.78 is 5.97. The first-order valence-corrected chi connectivity index (χ1v) is 10.4. The molecular weight excluding hydrogens is 362 g/mol. The molecule has 0 aromatic heterocycles. The highest BCUT2D eigenvalue weighted by Gasteiger charge is 2.67. The van der Waals surface area contributed by atoms with Crippen molar-refractivity contribution in [2.75, 3.05) is 4.90 Å². The molecule has 0 radical (unpaired) electrons. The van der Waals surface area contributed by atoms with Crippen molar-refractivity contribution in [3.63, 3.8) is 0 Å². The van der Waals surface area contributed by atoms with Crippen molar-refractivity contribution in [1.29, 1.82) is 0 Å². The smallest absolute Gasteiger partial charge is 0.238 e. The first-order chi connectivity index (χ1) is 14.0. The lowest BCUT2D eigenvalue weighted by atomic mass is 9.63. The van der Waals surface area contributed by atoms with E-state index in [-0.39, 0.29) is 35.5 Å². The first-order valence-electron chi connectivity index (χ1n) is 10.4. The van der Waals surface area contributed by atoms with E-state index in [1.807, 2.05) is 50.2 Å². The molecule has 4 heteroatoms. The average molecular weight is 385 g/mol. The van der Waals surface area contributed by atoms with Gasteiger partial charge in [-0.05, 0) is 91.5 Å². The van der Waals surface area contributed by atoms with Crippen molar-refractivity contribution in [3.8, 4) is 11.5 Å². The normalized spacial score (nSPS) is 33.7. The van der Waals surface area contributed by atoms with E-state index >= 15 is 0 Å². The maximum atomic E-state index is 13.2. The van der Waals surface area contributed by atoms with E-state index < -0.39 is 0 Å². The minimum absolute atomic E-state index is 0.0207. The van der Waals surface area contributed by atoms with Crippen LogP contribution in [0.2, 0.25) is 0 Å². The van der Waals surface area contributed by atoms with Gasteiger partial charge in [0.2, 0.25) is 11.8 Å². The summed E-state index contributed by atoms with van der Waals surface area (Å²) in [6, 6.07) is 13.4. The second-order valence-corrected chi connectivity index (χ2v) is 9.09. The van der Waals surface area contributed by atoms with Gasteiger partial charge < -0.3 is 4.74 Å². The van der Waals surface area contributed by atoms with Crippen molar-refractivity contribution in [2.45, 2.75) is 20.3 Å². The Morgan fingerprint density at radius 3 is 1.90 bits per heavy atom. The van der Waals surface area contributed by atoms with E-state index in [2.05, 4.69) is 18.2 Å². The van der Waals surface area contributed by atoms with Gasteiger partial charge in [0, 0.05) is 0 Å². The molecule has 4 aliphatic carbocycles. The van der Waals surface area contributed by atoms with Crippen LogP contribution >= 0.6 is 0 Å². The Morgan fingerprint density at radius 1 is 0.793 bits per heavy atom. The van der Waals surface area contributed by atoms with Gasteiger partial charge in [-0.1, -0.05) is 18.2 Å². The summed E-state index contributed by atoms with van der Waals surface area (Å²) in [5.41, 5.74) is 2.94. The number of hydrogen-bond donors (Lipinski definition) is 0. The van der Waals surface area contributed by atoms with Crippen LogP contribution in [-0.2, 0) is 9.59 Å². The predicted molar refractivity (Wildman–Crippen MR) is 110 cm³/mol. The van der Waals surface area contributed by atoms with Crippen LogP contribution in [0.5, 0.6) is 11.5 Å². The Balaban J connectivity index is 1.26. The van der Waals surface area contributed by atoms with Crippen LogP contribution in [0.15, 0.2) is 54.6 Å². The molecule has 0 N–H and O–H groups in total. The number of amides is 2. The molecule has 2 aromatic carbocycles. The van der Waals surface area contributed by atoms with Crippen molar-refractivity contribution in [3.05, 3.63) is 65.7 Å². The Hall–Kier alpha value is -2.88. The molecule has 29 heavy (non-hydrogen) atoms.